The van der Waals surface area contributed by atoms with Crippen LogP contribution in [0.25, 0.3) is 0 Å². The Morgan fingerprint density at radius 1 is 1.20 bits per heavy atom. The summed E-state index contributed by atoms with van der Waals surface area (Å²) in [6.45, 7) is 0. The van der Waals surface area contributed by atoms with Crippen molar-refractivity contribution in [2.24, 2.45) is 0 Å². The maximum atomic E-state index is 12.4. The molecule has 2 aliphatic heterocycles. The van der Waals surface area contributed by atoms with Gasteiger partial charge in [-0.05, 0) is 37.8 Å². The van der Waals surface area contributed by atoms with Crippen LogP contribution in [0.15, 0.2) is 35.2 Å². The van der Waals surface area contributed by atoms with Crippen LogP contribution < -0.4 is 0 Å². The van der Waals surface area contributed by atoms with E-state index in [-0.39, 0.29) is 24.1 Å². The first-order valence-electron chi connectivity index (χ1n) is 7.41. The smallest absolute Gasteiger partial charge is 0.223 e. The number of rotatable bonds is 4. The molecule has 0 aliphatic carbocycles. The Morgan fingerprint density at radius 3 is 2.50 bits per heavy atom. The third-order valence-electron chi connectivity index (χ3n) is 4.32. The Labute approximate surface area is 124 Å². The van der Waals surface area contributed by atoms with E-state index in [4.69, 9.17) is 0 Å². The molecule has 108 valence electrons. The third kappa shape index (κ3) is 3.01. The predicted molar refractivity (Wildman–Crippen MR) is 80.7 cm³/mol. The predicted octanol–water partition coefficient (Wildman–Crippen LogP) is 2.68. The number of piperidine rings is 1. The zero-order valence-corrected chi connectivity index (χ0v) is 12.4. The fourth-order valence-corrected chi connectivity index (χ4v) is 4.32. The molecule has 1 aromatic carbocycles. The molecule has 2 unspecified atom stereocenters. The highest BCUT2D eigenvalue weighted by atomic mass is 32.2. The van der Waals surface area contributed by atoms with Gasteiger partial charge in [-0.25, -0.2) is 0 Å². The third-order valence-corrected chi connectivity index (χ3v) is 5.34. The second-order valence-electron chi connectivity index (χ2n) is 5.72. The van der Waals surface area contributed by atoms with Crippen LogP contribution in [0.3, 0.4) is 0 Å². The fraction of sp³-hybridized carbons (Fsp3) is 0.562. The second-order valence-corrected chi connectivity index (χ2v) is 6.89. The number of thioether (sulfide) groups is 1. The van der Waals surface area contributed by atoms with Gasteiger partial charge in [-0.15, -0.1) is 11.8 Å². The summed E-state index contributed by atoms with van der Waals surface area (Å²) in [5.41, 5.74) is 0. The molecule has 3 rings (SSSR count). The topological polar surface area (TPSA) is 40.5 Å². The molecule has 0 saturated carbocycles. The van der Waals surface area contributed by atoms with Crippen molar-refractivity contribution < 1.29 is 9.90 Å². The van der Waals surface area contributed by atoms with Gasteiger partial charge in [0.15, 0.2) is 0 Å². The van der Waals surface area contributed by atoms with Crippen LogP contribution in [0.2, 0.25) is 0 Å². The Bertz CT molecular complexity index is 451. The summed E-state index contributed by atoms with van der Waals surface area (Å²) in [7, 11) is 0. The highest BCUT2D eigenvalue weighted by Gasteiger charge is 2.42. The SMILES string of the molecule is O=C(CCSc1ccccc1)N1C2CCC1CC(O)C2. The molecular weight excluding hydrogens is 270 g/mol. The number of nitrogens with zero attached hydrogens (tertiary/aromatic N) is 1. The Kier molecular flexibility index (Phi) is 4.32. The van der Waals surface area contributed by atoms with Crippen molar-refractivity contribution in [2.45, 2.75) is 55.2 Å². The minimum Gasteiger partial charge on any atom is -0.393 e. The molecule has 2 fully saturated rings. The van der Waals surface area contributed by atoms with Crippen LogP contribution in [0, 0.1) is 0 Å². The van der Waals surface area contributed by atoms with E-state index in [1.54, 1.807) is 11.8 Å². The van der Waals surface area contributed by atoms with Crippen LogP contribution >= 0.6 is 11.8 Å². The average Bonchev–Trinajstić information content (AvgIpc) is 2.72. The summed E-state index contributed by atoms with van der Waals surface area (Å²) in [5, 5.41) is 9.77. The van der Waals surface area contributed by atoms with Gasteiger partial charge in [-0.3, -0.25) is 4.79 Å². The maximum Gasteiger partial charge on any atom is 0.223 e. The molecule has 1 amide bonds. The molecule has 2 heterocycles. The molecule has 2 atom stereocenters. The van der Waals surface area contributed by atoms with E-state index in [2.05, 4.69) is 17.0 Å². The molecule has 2 aliphatic rings. The van der Waals surface area contributed by atoms with E-state index in [1.807, 2.05) is 18.2 Å². The molecule has 1 aromatic rings. The zero-order chi connectivity index (χ0) is 13.9. The average molecular weight is 291 g/mol. The zero-order valence-electron chi connectivity index (χ0n) is 11.6. The van der Waals surface area contributed by atoms with Crippen molar-refractivity contribution in [1.82, 2.24) is 4.90 Å². The Hall–Kier alpha value is -1.00. The Balaban J connectivity index is 1.50. The van der Waals surface area contributed by atoms with Gasteiger partial charge in [-0.2, -0.15) is 0 Å². The van der Waals surface area contributed by atoms with Crippen LogP contribution in [-0.4, -0.2) is 39.9 Å². The number of aliphatic hydroxyl groups excluding tert-OH is 1. The molecular formula is C16H21NO2S. The molecule has 0 radical (unpaired) electrons. The lowest BCUT2D eigenvalue weighted by Gasteiger charge is -2.37. The minimum absolute atomic E-state index is 0.199. The molecule has 3 nitrogen and oxygen atoms in total. The van der Waals surface area contributed by atoms with Gasteiger partial charge in [0.05, 0.1) is 6.10 Å². The number of amides is 1. The monoisotopic (exact) mass is 291 g/mol. The molecule has 2 bridgehead atoms. The summed E-state index contributed by atoms with van der Waals surface area (Å²) < 4.78 is 0. The van der Waals surface area contributed by atoms with Crippen molar-refractivity contribution in [3.63, 3.8) is 0 Å². The van der Waals surface area contributed by atoms with Gasteiger partial charge in [-0.1, -0.05) is 18.2 Å². The number of aliphatic hydroxyl groups is 1. The number of carbonyl (C=O) groups is 1. The summed E-state index contributed by atoms with van der Waals surface area (Å²) >= 11 is 1.74. The lowest BCUT2D eigenvalue weighted by Crippen LogP contribution is -2.48. The molecule has 2 saturated heterocycles. The van der Waals surface area contributed by atoms with E-state index in [0.717, 1.165) is 31.4 Å². The molecule has 4 heteroatoms. The number of hydrogen-bond acceptors (Lipinski definition) is 3. The van der Waals surface area contributed by atoms with E-state index in [0.29, 0.717) is 6.42 Å². The van der Waals surface area contributed by atoms with Gasteiger partial charge in [0.2, 0.25) is 5.91 Å². The quantitative estimate of drug-likeness (QED) is 0.867. The summed E-state index contributed by atoms with van der Waals surface area (Å²) in [4.78, 5) is 15.7. The number of fused-ring (bicyclic) bond motifs is 2. The van der Waals surface area contributed by atoms with Crippen molar-refractivity contribution in [2.75, 3.05) is 5.75 Å². The van der Waals surface area contributed by atoms with Crippen LogP contribution in [0.4, 0.5) is 0 Å². The van der Waals surface area contributed by atoms with Crippen molar-refractivity contribution >= 4 is 17.7 Å². The summed E-state index contributed by atoms with van der Waals surface area (Å²) in [6.07, 6.45) is 4.08. The van der Waals surface area contributed by atoms with Crippen molar-refractivity contribution in [3.05, 3.63) is 30.3 Å². The maximum absolute atomic E-state index is 12.4. The van der Waals surface area contributed by atoms with E-state index in [9.17, 15) is 9.90 Å². The number of benzene rings is 1. The van der Waals surface area contributed by atoms with Crippen molar-refractivity contribution in [1.29, 1.82) is 0 Å². The van der Waals surface area contributed by atoms with E-state index < -0.39 is 0 Å². The van der Waals surface area contributed by atoms with E-state index in [1.165, 1.54) is 4.90 Å². The second kappa shape index (κ2) is 6.19. The van der Waals surface area contributed by atoms with Gasteiger partial charge in [0, 0.05) is 29.2 Å². The lowest BCUT2D eigenvalue weighted by molar-refractivity contribution is -0.136. The lowest BCUT2D eigenvalue weighted by atomic mass is 9.99. The Morgan fingerprint density at radius 2 is 1.85 bits per heavy atom. The van der Waals surface area contributed by atoms with Crippen LogP contribution in [-0.2, 0) is 4.79 Å². The first-order chi connectivity index (χ1) is 9.74. The summed E-state index contributed by atoms with van der Waals surface area (Å²) in [6, 6.07) is 10.8. The molecule has 1 N–H and O–H groups in total. The van der Waals surface area contributed by atoms with Crippen LogP contribution in [0.5, 0.6) is 0 Å². The highest BCUT2D eigenvalue weighted by molar-refractivity contribution is 7.99. The normalized spacial score (nSPS) is 28.6. The minimum atomic E-state index is -0.199. The van der Waals surface area contributed by atoms with Gasteiger partial charge >= 0.3 is 0 Å². The first-order valence-corrected chi connectivity index (χ1v) is 8.39. The first kappa shape index (κ1) is 14.0. The van der Waals surface area contributed by atoms with Gasteiger partial charge in [0.25, 0.3) is 0 Å². The molecule has 20 heavy (non-hydrogen) atoms. The van der Waals surface area contributed by atoms with Gasteiger partial charge in [0.1, 0.15) is 0 Å². The highest BCUT2D eigenvalue weighted by Crippen LogP contribution is 2.36. The number of hydrogen-bond donors (Lipinski definition) is 1. The van der Waals surface area contributed by atoms with E-state index >= 15 is 0 Å². The van der Waals surface area contributed by atoms with Crippen molar-refractivity contribution in [3.8, 4) is 0 Å². The molecule has 0 aromatic heterocycles. The molecule has 0 spiro atoms. The number of carbonyl (C=O) groups excluding carboxylic acids is 1. The summed E-state index contributed by atoms with van der Waals surface area (Å²) in [5.74, 6) is 1.11. The fourth-order valence-electron chi connectivity index (χ4n) is 3.46. The standard InChI is InChI=1S/C16H21NO2S/c18-14-10-12-6-7-13(11-14)17(12)16(19)8-9-20-15-4-2-1-3-5-15/h1-5,12-14,18H,6-11H2. The van der Waals surface area contributed by atoms with Gasteiger partial charge < -0.3 is 10.0 Å². The largest absolute Gasteiger partial charge is 0.393 e. The van der Waals surface area contributed by atoms with Crippen LogP contribution in [0.1, 0.15) is 32.1 Å².